The Balaban J connectivity index is 2.37. The lowest BCUT2D eigenvalue weighted by Gasteiger charge is -2.23. The second-order valence-electron chi connectivity index (χ2n) is 6.20. The van der Waals surface area contributed by atoms with E-state index in [1.54, 1.807) is 43.3 Å². The lowest BCUT2D eigenvalue weighted by molar-refractivity contribution is 0.0987. The number of sulfonamides is 1. The number of nitrogens with zero attached hydrogens (tertiary/aromatic N) is 2. The molecule has 148 valence electrons. The van der Waals surface area contributed by atoms with Gasteiger partial charge >= 0.3 is 0 Å². The minimum Gasteiger partial charge on any atom is -0.494 e. The minimum absolute atomic E-state index is 0.166. The van der Waals surface area contributed by atoms with Crippen LogP contribution >= 0.6 is 0 Å². The van der Waals surface area contributed by atoms with E-state index < -0.39 is 10.0 Å². The van der Waals surface area contributed by atoms with Crippen molar-refractivity contribution < 1.29 is 17.9 Å². The van der Waals surface area contributed by atoms with E-state index in [4.69, 9.17) is 10.00 Å². The van der Waals surface area contributed by atoms with Gasteiger partial charge in [0.15, 0.2) is 0 Å². The Hall–Kier alpha value is -3.05. The molecule has 8 heteroatoms. The molecule has 2 rings (SSSR count). The maximum absolute atomic E-state index is 13.1. The summed E-state index contributed by atoms with van der Waals surface area (Å²) in [6.07, 6.45) is 1.22. The van der Waals surface area contributed by atoms with Crippen molar-refractivity contribution in [2.24, 2.45) is 0 Å². The molecule has 0 radical (unpaired) electrons. The quantitative estimate of drug-likeness (QED) is 0.731. The first-order valence-electron chi connectivity index (χ1n) is 8.75. The second-order valence-corrected chi connectivity index (χ2v) is 7.94. The van der Waals surface area contributed by atoms with Crippen molar-refractivity contribution in [3.63, 3.8) is 0 Å². The highest BCUT2D eigenvalue weighted by Gasteiger charge is 2.19. The number of hydrogen-bond acceptors (Lipinski definition) is 5. The molecule has 2 aromatic rings. The van der Waals surface area contributed by atoms with Crippen LogP contribution in [0.15, 0.2) is 42.5 Å². The standard InChI is InChI=1S/C20H23N3O4S/c1-4-27-18-10-8-17(9-11-18)23(13-5-12-21)20(24)16-7-6-15(2)19(14-16)22-28(3,25)26/h6-11,14,22H,4-5,13H2,1-3H3. The number of carbonyl (C=O) groups excluding carboxylic acids is 1. The van der Waals surface area contributed by atoms with Crippen molar-refractivity contribution in [3.8, 4) is 11.8 Å². The summed E-state index contributed by atoms with van der Waals surface area (Å²) in [6.45, 7) is 4.39. The number of aryl methyl sites for hydroxylation is 1. The zero-order valence-corrected chi connectivity index (χ0v) is 16.9. The zero-order valence-electron chi connectivity index (χ0n) is 16.1. The first-order chi connectivity index (χ1) is 13.2. The van der Waals surface area contributed by atoms with E-state index in [1.807, 2.05) is 13.0 Å². The van der Waals surface area contributed by atoms with Crippen molar-refractivity contribution in [1.82, 2.24) is 0 Å². The van der Waals surface area contributed by atoms with Gasteiger partial charge in [-0.1, -0.05) is 6.07 Å². The van der Waals surface area contributed by atoms with E-state index in [9.17, 15) is 13.2 Å². The van der Waals surface area contributed by atoms with Gasteiger partial charge in [-0.05, 0) is 55.8 Å². The third kappa shape index (κ3) is 5.72. The topological polar surface area (TPSA) is 99.5 Å². The maximum atomic E-state index is 13.1. The van der Waals surface area contributed by atoms with Crippen LogP contribution in [0, 0.1) is 18.3 Å². The number of anilines is 2. The number of nitrogens with one attached hydrogen (secondary N) is 1. The second kappa shape index (κ2) is 9.24. The Morgan fingerprint density at radius 2 is 1.89 bits per heavy atom. The molecule has 0 aliphatic heterocycles. The van der Waals surface area contributed by atoms with Crippen LogP contribution in [0.2, 0.25) is 0 Å². The molecule has 0 atom stereocenters. The third-order valence-electron chi connectivity index (χ3n) is 3.93. The van der Waals surface area contributed by atoms with Gasteiger partial charge in [0, 0.05) is 17.8 Å². The maximum Gasteiger partial charge on any atom is 0.258 e. The highest BCUT2D eigenvalue weighted by Crippen LogP contribution is 2.24. The first-order valence-corrected chi connectivity index (χ1v) is 10.6. The Kier molecular flexibility index (Phi) is 7.01. The van der Waals surface area contributed by atoms with Crippen molar-refractivity contribution in [2.75, 3.05) is 29.0 Å². The van der Waals surface area contributed by atoms with E-state index in [2.05, 4.69) is 4.72 Å². The van der Waals surface area contributed by atoms with E-state index in [-0.39, 0.29) is 18.9 Å². The molecule has 0 bridgehead atoms. The monoisotopic (exact) mass is 401 g/mol. The number of hydrogen-bond donors (Lipinski definition) is 1. The molecular weight excluding hydrogens is 378 g/mol. The predicted molar refractivity (Wildman–Crippen MR) is 109 cm³/mol. The summed E-state index contributed by atoms with van der Waals surface area (Å²) >= 11 is 0. The smallest absolute Gasteiger partial charge is 0.258 e. The van der Waals surface area contributed by atoms with Gasteiger partial charge in [0.1, 0.15) is 5.75 Å². The number of rotatable bonds is 8. The molecule has 1 amide bonds. The fourth-order valence-electron chi connectivity index (χ4n) is 2.62. The number of nitriles is 1. The van der Waals surface area contributed by atoms with Gasteiger partial charge in [-0.15, -0.1) is 0 Å². The average molecular weight is 401 g/mol. The van der Waals surface area contributed by atoms with Crippen LogP contribution in [0.25, 0.3) is 0 Å². The first kappa shape index (κ1) is 21.3. The van der Waals surface area contributed by atoms with Gasteiger partial charge < -0.3 is 9.64 Å². The molecular formula is C20H23N3O4S. The van der Waals surface area contributed by atoms with Gasteiger partial charge in [-0.25, -0.2) is 8.42 Å². The van der Waals surface area contributed by atoms with E-state index in [0.29, 0.717) is 34.9 Å². The van der Waals surface area contributed by atoms with Crippen LogP contribution in [-0.4, -0.2) is 33.7 Å². The average Bonchev–Trinajstić information content (AvgIpc) is 2.64. The van der Waals surface area contributed by atoms with Crippen LogP contribution in [0.1, 0.15) is 29.3 Å². The predicted octanol–water partition coefficient (Wildman–Crippen LogP) is 3.33. The van der Waals surface area contributed by atoms with Crippen molar-refractivity contribution in [1.29, 1.82) is 5.26 Å². The molecule has 28 heavy (non-hydrogen) atoms. The van der Waals surface area contributed by atoms with Crippen LogP contribution in [0.3, 0.4) is 0 Å². The summed E-state index contributed by atoms with van der Waals surface area (Å²) in [5.41, 5.74) is 2.00. The van der Waals surface area contributed by atoms with Gasteiger partial charge in [0.2, 0.25) is 10.0 Å². The van der Waals surface area contributed by atoms with E-state index in [0.717, 1.165) is 6.26 Å². The van der Waals surface area contributed by atoms with Crippen LogP contribution in [0.4, 0.5) is 11.4 Å². The number of amides is 1. The molecule has 0 unspecified atom stereocenters. The SMILES string of the molecule is CCOc1ccc(N(CCC#N)C(=O)c2ccc(C)c(NS(C)(=O)=O)c2)cc1. The Morgan fingerprint density at radius 1 is 1.21 bits per heavy atom. The van der Waals surface area contributed by atoms with Gasteiger partial charge in [0.05, 0.1) is 31.0 Å². The molecule has 0 aliphatic carbocycles. The molecule has 0 saturated heterocycles. The summed E-state index contributed by atoms with van der Waals surface area (Å²) in [4.78, 5) is 14.6. The number of ether oxygens (including phenoxy) is 1. The molecule has 7 nitrogen and oxygen atoms in total. The summed E-state index contributed by atoms with van der Waals surface area (Å²) in [7, 11) is -3.47. The fourth-order valence-corrected chi connectivity index (χ4v) is 3.24. The van der Waals surface area contributed by atoms with Gasteiger partial charge in [0.25, 0.3) is 5.91 Å². The molecule has 0 spiro atoms. The van der Waals surface area contributed by atoms with Crippen LogP contribution in [0.5, 0.6) is 5.75 Å². The lowest BCUT2D eigenvalue weighted by Crippen LogP contribution is -2.32. The summed E-state index contributed by atoms with van der Waals surface area (Å²) < 4.78 is 31.0. The number of carbonyl (C=O) groups is 1. The number of benzene rings is 2. The lowest BCUT2D eigenvalue weighted by atomic mass is 10.1. The molecule has 0 aromatic heterocycles. The van der Waals surface area contributed by atoms with E-state index >= 15 is 0 Å². The Bertz CT molecular complexity index is 980. The Morgan fingerprint density at radius 3 is 2.46 bits per heavy atom. The molecule has 0 saturated carbocycles. The minimum atomic E-state index is -3.47. The van der Waals surface area contributed by atoms with Crippen molar-refractivity contribution in [3.05, 3.63) is 53.6 Å². The molecule has 1 N–H and O–H groups in total. The summed E-state index contributed by atoms with van der Waals surface area (Å²) in [6, 6.07) is 13.9. The van der Waals surface area contributed by atoms with Gasteiger partial charge in [-0.3, -0.25) is 9.52 Å². The van der Waals surface area contributed by atoms with Crippen LogP contribution < -0.4 is 14.4 Å². The highest BCUT2D eigenvalue weighted by atomic mass is 32.2. The summed E-state index contributed by atoms with van der Waals surface area (Å²) in [5, 5.41) is 8.95. The van der Waals surface area contributed by atoms with E-state index in [1.165, 1.54) is 11.0 Å². The Labute approximate surface area is 165 Å². The molecule has 2 aromatic carbocycles. The van der Waals surface area contributed by atoms with Crippen molar-refractivity contribution in [2.45, 2.75) is 20.3 Å². The van der Waals surface area contributed by atoms with Crippen LogP contribution in [-0.2, 0) is 10.0 Å². The highest BCUT2D eigenvalue weighted by molar-refractivity contribution is 7.92. The fraction of sp³-hybridized carbons (Fsp3) is 0.300. The normalized spacial score (nSPS) is 10.8. The molecule has 0 aliphatic rings. The van der Waals surface area contributed by atoms with Gasteiger partial charge in [-0.2, -0.15) is 5.26 Å². The molecule has 0 heterocycles. The summed E-state index contributed by atoms with van der Waals surface area (Å²) in [5.74, 6) is 0.366. The third-order valence-corrected chi connectivity index (χ3v) is 4.52. The molecule has 0 fully saturated rings. The zero-order chi connectivity index (χ0) is 20.7. The van der Waals surface area contributed by atoms with Crippen molar-refractivity contribution >= 4 is 27.3 Å². The largest absolute Gasteiger partial charge is 0.494 e.